The number of para-hydroxylation sites is 1. The number of allylic oxidation sites excluding steroid dienone is 1. The third kappa shape index (κ3) is 5.13. The van der Waals surface area contributed by atoms with Crippen LogP contribution in [-0.4, -0.2) is 15.0 Å². The van der Waals surface area contributed by atoms with E-state index in [4.69, 9.17) is 23.8 Å². The number of nitrogens with zero attached hydrogens (tertiary/aromatic N) is 3. The maximum Gasteiger partial charge on any atom is 0.164 e. The van der Waals surface area contributed by atoms with Crippen molar-refractivity contribution >= 4 is 50.0 Å². The molecule has 0 radical (unpaired) electrons. The fraction of sp³-hybridized carbons (Fsp3) is 0.0408. The minimum atomic E-state index is 0.588. The highest BCUT2D eigenvalue weighted by atomic mass is 16.3. The van der Waals surface area contributed by atoms with Crippen LogP contribution in [0.15, 0.2) is 167 Å². The maximum absolute atomic E-state index is 6.48. The van der Waals surface area contributed by atoms with Crippen molar-refractivity contribution in [1.29, 1.82) is 0 Å². The van der Waals surface area contributed by atoms with E-state index in [0.717, 1.165) is 84.5 Å². The summed E-state index contributed by atoms with van der Waals surface area (Å²) in [6, 6.07) is 52.6. The van der Waals surface area contributed by atoms with E-state index in [1.807, 2.05) is 48.5 Å². The van der Waals surface area contributed by atoms with E-state index < -0.39 is 0 Å². The van der Waals surface area contributed by atoms with Crippen LogP contribution in [0.2, 0.25) is 0 Å². The average molecular weight is 694 g/mol. The molecule has 0 spiro atoms. The molecule has 0 saturated heterocycles. The van der Waals surface area contributed by atoms with Crippen molar-refractivity contribution in [2.75, 3.05) is 0 Å². The first-order valence-electron chi connectivity index (χ1n) is 18.3. The topological polar surface area (TPSA) is 65.0 Å². The van der Waals surface area contributed by atoms with Crippen LogP contribution in [0.25, 0.3) is 106 Å². The van der Waals surface area contributed by atoms with Gasteiger partial charge in [-0.2, -0.15) is 0 Å². The summed E-state index contributed by atoms with van der Waals surface area (Å²) in [5, 5.41) is 4.07. The van der Waals surface area contributed by atoms with E-state index in [2.05, 4.69) is 115 Å². The molecule has 0 atom stereocenters. The fourth-order valence-corrected chi connectivity index (χ4v) is 7.89. The lowest BCUT2D eigenvalue weighted by atomic mass is 9.95. The highest BCUT2D eigenvalue weighted by molar-refractivity contribution is 6.13. The molecule has 0 saturated carbocycles. The van der Waals surface area contributed by atoms with Crippen LogP contribution < -0.4 is 0 Å². The number of aryl methyl sites for hydroxylation is 1. The van der Waals surface area contributed by atoms with Gasteiger partial charge in [0.1, 0.15) is 22.3 Å². The number of rotatable bonds is 5. The Morgan fingerprint density at radius 1 is 0.407 bits per heavy atom. The van der Waals surface area contributed by atoms with E-state index >= 15 is 0 Å². The lowest BCUT2D eigenvalue weighted by Gasteiger charge is -2.13. The van der Waals surface area contributed by atoms with Crippen LogP contribution in [-0.2, 0) is 6.42 Å². The van der Waals surface area contributed by atoms with Gasteiger partial charge < -0.3 is 8.83 Å². The summed E-state index contributed by atoms with van der Waals surface area (Å²) in [4.78, 5) is 15.6. The standard InChI is InChI=1S/C49H31N3O2/c1-2-10-30(11-3-1)33-14-8-15-34(26-33)35-22-24-44-41(28-35)46-39(17-9-19-45(46)54-44)49-51-47(36-21-20-31-12-4-5-13-32(31)27-36)50-48(52-49)37-23-25-43-40(29-37)38-16-6-7-18-42(38)53-43/h1-3,5-11,13-29H,4,12H2. The van der Waals surface area contributed by atoms with Gasteiger partial charge in [0.2, 0.25) is 0 Å². The molecule has 1 aliphatic rings. The van der Waals surface area contributed by atoms with Gasteiger partial charge in [-0.25, -0.2) is 15.0 Å². The predicted molar refractivity (Wildman–Crippen MR) is 219 cm³/mol. The van der Waals surface area contributed by atoms with Gasteiger partial charge in [0.15, 0.2) is 17.5 Å². The van der Waals surface area contributed by atoms with Gasteiger partial charge in [0.05, 0.1) is 0 Å². The Bertz CT molecular complexity index is 3120. The molecular formula is C49H31N3O2. The Morgan fingerprint density at radius 3 is 1.91 bits per heavy atom. The molecule has 0 aliphatic heterocycles. The lowest BCUT2D eigenvalue weighted by molar-refractivity contribution is 0.668. The number of benzene rings is 7. The van der Waals surface area contributed by atoms with Gasteiger partial charge in [0, 0.05) is 38.2 Å². The molecule has 10 aromatic rings. The second-order valence-corrected chi connectivity index (χ2v) is 13.9. The van der Waals surface area contributed by atoms with Crippen LogP contribution in [0.4, 0.5) is 0 Å². The molecule has 254 valence electrons. The monoisotopic (exact) mass is 693 g/mol. The first-order valence-corrected chi connectivity index (χ1v) is 18.3. The summed E-state index contributed by atoms with van der Waals surface area (Å²) >= 11 is 0. The first-order chi connectivity index (χ1) is 26.7. The predicted octanol–water partition coefficient (Wildman–Crippen LogP) is 13.0. The fourth-order valence-electron chi connectivity index (χ4n) is 7.89. The zero-order valence-corrected chi connectivity index (χ0v) is 29.2. The molecular weight excluding hydrogens is 663 g/mol. The van der Waals surface area contributed by atoms with E-state index in [1.54, 1.807) is 0 Å². The minimum Gasteiger partial charge on any atom is -0.456 e. The van der Waals surface area contributed by atoms with Crippen molar-refractivity contribution in [3.8, 4) is 56.4 Å². The molecule has 0 bridgehead atoms. The van der Waals surface area contributed by atoms with Gasteiger partial charge in [-0.1, -0.05) is 109 Å². The van der Waals surface area contributed by atoms with Gasteiger partial charge in [-0.15, -0.1) is 0 Å². The van der Waals surface area contributed by atoms with Crippen LogP contribution in [0, 0.1) is 0 Å². The summed E-state index contributed by atoms with van der Waals surface area (Å²) in [7, 11) is 0. The van der Waals surface area contributed by atoms with Crippen LogP contribution >= 0.6 is 0 Å². The molecule has 7 aromatic carbocycles. The van der Waals surface area contributed by atoms with Gasteiger partial charge >= 0.3 is 0 Å². The molecule has 0 fully saturated rings. The molecule has 11 rings (SSSR count). The Kier molecular flexibility index (Phi) is 6.92. The molecule has 54 heavy (non-hydrogen) atoms. The van der Waals surface area contributed by atoms with Crippen molar-refractivity contribution in [2.45, 2.75) is 12.8 Å². The lowest BCUT2D eigenvalue weighted by Crippen LogP contribution is -2.01. The Labute approximate surface area is 310 Å². The number of aromatic nitrogens is 3. The highest BCUT2D eigenvalue weighted by Crippen LogP contribution is 2.40. The zero-order chi connectivity index (χ0) is 35.6. The molecule has 1 aliphatic carbocycles. The maximum atomic E-state index is 6.48. The zero-order valence-electron chi connectivity index (χ0n) is 29.2. The van der Waals surface area contributed by atoms with E-state index in [0.29, 0.717) is 17.5 Å². The third-order valence-corrected chi connectivity index (χ3v) is 10.6. The Hall–Kier alpha value is -7.11. The van der Waals surface area contributed by atoms with Crippen molar-refractivity contribution in [3.05, 3.63) is 169 Å². The first kappa shape index (κ1) is 30.5. The van der Waals surface area contributed by atoms with Crippen LogP contribution in [0.3, 0.4) is 0 Å². The van der Waals surface area contributed by atoms with E-state index in [9.17, 15) is 0 Å². The number of hydrogen-bond donors (Lipinski definition) is 0. The largest absolute Gasteiger partial charge is 0.456 e. The second-order valence-electron chi connectivity index (χ2n) is 13.9. The molecule has 0 amide bonds. The number of hydrogen-bond acceptors (Lipinski definition) is 5. The number of furan rings is 2. The molecule has 3 heterocycles. The number of fused-ring (bicyclic) bond motifs is 7. The van der Waals surface area contributed by atoms with E-state index in [1.165, 1.54) is 22.3 Å². The molecule has 5 heteroatoms. The normalized spacial score (nSPS) is 12.6. The quantitative estimate of drug-likeness (QED) is 0.179. The van der Waals surface area contributed by atoms with Crippen molar-refractivity contribution in [1.82, 2.24) is 15.0 Å². The summed E-state index contributed by atoms with van der Waals surface area (Å²) in [6.45, 7) is 0. The van der Waals surface area contributed by atoms with Crippen LogP contribution in [0.1, 0.15) is 17.5 Å². The molecule has 0 N–H and O–H groups in total. The van der Waals surface area contributed by atoms with Crippen molar-refractivity contribution in [3.63, 3.8) is 0 Å². The molecule has 0 unspecified atom stereocenters. The Balaban J connectivity index is 1.11. The Morgan fingerprint density at radius 2 is 1.02 bits per heavy atom. The molecule has 5 nitrogen and oxygen atoms in total. The minimum absolute atomic E-state index is 0.588. The third-order valence-electron chi connectivity index (χ3n) is 10.6. The SMILES string of the molecule is C1=Cc2cc(-c3nc(-c4ccc5oc6ccccc6c5c4)nc(-c4cccc5oc6ccc(-c7cccc(-c8ccccc8)c7)cc6c45)n3)ccc2CC1. The summed E-state index contributed by atoms with van der Waals surface area (Å²) < 4.78 is 12.6. The smallest absolute Gasteiger partial charge is 0.164 e. The van der Waals surface area contributed by atoms with E-state index in [-0.39, 0.29) is 0 Å². The van der Waals surface area contributed by atoms with Crippen molar-refractivity contribution in [2.24, 2.45) is 0 Å². The molecule has 3 aromatic heterocycles. The average Bonchev–Trinajstić information content (AvgIpc) is 3.81. The van der Waals surface area contributed by atoms with Crippen molar-refractivity contribution < 1.29 is 8.83 Å². The van der Waals surface area contributed by atoms with Gasteiger partial charge in [0.25, 0.3) is 0 Å². The summed E-state index contributed by atoms with van der Waals surface area (Å²) in [5.74, 6) is 1.81. The summed E-state index contributed by atoms with van der Waals surface area (Å²) in [6.07, 6.45) is 6.53. The van der Waals surface area contributed by atoms with Gasteiger partial charge in [-0.3, -0.25) is 0 Å². The van der Waals surface area contributed by atoms with Crippen LogP contribution in [0.5, 0.6) is 0 Å². The van der Waals surface area contributed by atoms with Gasteiger partial charge in [-0.05, 0) is 101 Å². The highest BCUT2D eigenvalue weighted by Gasteiger charge is 2.20. The summed E-state index contributed by atoms with van der Waals surface area (Å²) in [5.41, 5.74) is 13.2. The second kappa shape index (κ2) is 12.2.